The third-order valence-electron chi connectivity index (χ3n) is 1.78. The molecule has 0 aliphatic rings. The minimum absolute atomic E-state index is 0.325. The predicted octanol–water partition coefficient (Wildman–Crippen LogP) is 3.00. The van der Waals surface area contributed by atoms with Crippen molar-refractivity contribution in [2.24, 2.45) is 0 Å². The second-order valence-corrected chi connectivity index (χ2v) is 3.70. The zero-order valence-electron chi connectivity index (χ0n) is 8.13. The van der Waals surface area contributed by atoms with E-state index in [1.807, 2.05) is 0 Å². The molecule has 0 saturated heterocycles. The Bertz CT molecular complexity index is 360. The van der Waals surface area contributed by atoms with E-state index < -0.39 is 0 Å². The van der Waals surface area contributed by atoms with E-state index >= 15 is 0 Å². The van der Waals surface area contributed by atoms with Crippen LogP contribution in [-0.4, -0.2) is 16.7 Å². The average molecular weight is 244 g/mol. The van der Waals surface area contributed by atoms with Crippen LogP contribution >= 0.6 is 23.2 Å². The van der Waals surface area contributed by atoms with Gasteiger partial charge in [0.05, 0.1) is 5.69 Å². The summed E-state index contributed by atoms with van der Waals surface area (Å²) in [5.74, 6) is 2.59. The number of halogens is 2. The molecule has 0 saturated carbocycles. The lowest BCUT2D eigenvalue weighted by atomic mass is 10.2. The summed E-state index contributed by atoms with van der Waals surface area (Å²) in [6, 6.07) is 1.65. The van der Waals surface area contributed by atoms with Crippen molar-refractivity contribution in [3.8, 4) is 12.3 Å². The van der Waals surface area contributed by atoms with Gasteiger partial charge in [-0.3, -0.25) is 0 Å². The van der Waals surface area contributed by atoms with Gasteiger partial charge in [0.15, 0.2) is 10.3 Å². The molecular formula is C10H11Cl2N3. The maximum Gasteiger partial charge on any atom is 0.174 e. The molecular weight excluding hydrogens is 233 g/mol. The Morgan fingerprint density at radius 2 is 2.13 bits per heavy atom. The molecule has 5 heteroatoms. The van der Waals surface area contributed by atoms with Gasteiger partial charge in [-0.25, -0.2) is 0 Å². The average Bonchev–Trinajstić information content (AvgIpc) is 2.23. The first kappa shape index (κ1) is 12.1. The normalized spacial score (nSPS) is 9.67. The highest BCUT2D eigenvalue weighted by molar-refractivity contribution is 6.33. The Hall–Kier alpha value is -0.980. The lowest BCUT2D eigenvalue weighted by Gasteiger charge is -2.06. The molecule has 0 aliphatic carbocycles. The van der Waals surface area contributed by atoms with Gasteiger partial charge in [0.25, 0.3) is 0 Å². The van der Waals surface area contributed by atoms with E-state index in [9.17, 15) is 0 Å². The van der Waals surface area contributed by atoms with Crippen LogP contribution in [0.3, 0.4) is 0 Å². The summed E-state index contributed by atoms with van der Waals surface area (Å²) in [6.07, 6.45) is 7.91. The molecule has 1 aromatic rings. The third-order valence-corrected chi connectivity index (χ3v) is 2.25. The molecule has 1 heterocycles. The quantitative estimate of drug-likeness (QED) is 0.639. The van der Waals surface area contributed by atoms with Gasteiger partial charge in [0.1, 0.15) is 0 Å². The summed E-state index contributed by atoms with van der Waals surface area (Å²) < 4.78 is 0. The minimum Gasteiger partial charge on any atom is -0.382 e. The number of rotatable bonds is 5. The Labute approximate surface area is 99.2 Å². The lowest BCUT2D eigenvalue weighted by molar-refractivity contribution is 0.789. The van der Waals surface area contributed by atoms with Crippen molar-refractivity contribution in [2.45, 2.75) is 19.3 Å². The highest BCUT2D eigenvalue weighted by Gasteiger charge is 2.02. The Morgan fingerprint density at radius 1 is 1.33 bits per heavy atom. The topological polar surface area (TPSA) is 37.8 Å². The van der Waals surface area contributed by atoms with Crippen LogP contribution in [0.4, 0.5) is 5.69 Å². The van der Waals surface area contributed by atoms with Crippen molar-refractivity contribution >= 4 is 28.9 Å². The van der Waals surface area contributed by atoms with Gasteiger partial charge in [0.2, 0.25) is 0 Å². The first-order chi connectivity index (χ1) is 7.24. The fraction of sp³-hybridized carbons (Fsp3) is 0.400. The molecule has 1 aromatic heterocycles. The van der Waals surface area contributed by atoms with E-state index in [0.29, 0.717) is 16.0 Å². The van der Waals surface area contributed by atoms with Gasteiger partial charge in [-0.15, -0.1) is 22.5 Å². The minimum atomic E-state index is 0.325. The van der Waals surface area contributed by atoms with E-state index in [0.717, 1.165) is 25.8 Å². The summed E-state index contributed by atoms with van der Waals surface area (Å²) >= 11 is 11.5. The Balaban J connectivity index is 2.37. The van der Waals surface area contributed by atoms with E-state index in [1.54, 1.807) is 6.07 Å². The van der Waals surface area contributed by atoms with Gasteiger partial charge in [-0.2, -0.15) is 0 Å². The molecule has 0 bridgehead atoms. The van der Waals surface area contributed by atoms with Crippen LogP contribution in [0.15, 0.2) is 6.07 Å². The van der Waals surface area contributed by atoms with Crippen molar-refractivity contribution in [1.29, 1.82) is 0 Å². The first-order valence-electron chi connectivity index (χ1n) is 4.60. The largest absolute Gasteiger partial charge is 0.382 e. The molecule has 0 atom stereocenters. The van der Waals surface area contributed by atoms with E-state index in [4.69, 9.17) is 29.6 Å². The maximum atomic E-state index is 5.81. The van der Waals surface area contributed by atoms with Gasteiger partial charge < -0.3 is 5.32 Å². The lowest BCUT2D eigenvalue weighted by Crippen LogP contribution is -2.03. The smallest absolute Gasteiger partial charge is 0.174 e. The van der Waals surface area contributed by atoms with Crippen LogP contribution < -0.4 is 5.32 Å². The van der Waals surface area contributed by atoms with Crippen LogP contribution in [0.2, 0.25) is 10.3 Å². The molecule has 1 rings (SSSR count). The standard InChI is InChI=1S/C10H11Cl2N3/c1-2-3-4-5-6-13-8-7-9(11)14-15-10(8)12/h1,7H,3-6H2,(H,13,14). The zero-order valence-corrected chi connectivity index (χ0v) is 9.65. The number of hydrogen-bond donors (Lipinski definition) is 1. The van der Waals surface area contributed by atoms with E-state index in [1.165, 1.54) is 0 Å². The zero-order chi connectivity index (χ0) is 11.1. The molecule has 0 amide bonds. The summed E-state index contributed by atoms with van der Waals surface area (Å²) in [5, 5.41) is 11.1. The van der Waals surface area contributed by atoms with Crippen LogP contribution in [-0.2, 0) is 0 Å². The molecule has 1 N–H and O–H groups in total. The van der Waals surface area contributed by atoms with Crippen molar-refractivity contribution in [2.75, 3.05) is 11.9 Å². The molecule has 80 valence electrons. The van der Waals surface area contributed by atoms with Gasteiger partial charge in [-0.05, 0) is 12.8 Å². The molecule has 15 heavy (non-hydrogen) atoms. The third kappa shape index (κ3) is 4.37. The number of anilines is 1. The van der Waals surface area contributed by atoms with Crippen molar-refractivity contribution in [1.82, 2.24) is 10.2 Å². The monoisotopic (exact) mass is 243 g/mol. The highest BCUT2D eigenvalue weighted by Crippen LogP contribution is 2.20. The second-order valence-electron chi connectivity index (χ2n) is 2.96. The Morgan fingerprint density at radius 3 is 2.87 bits per heavy atom. The van der Waals surface area contributed by atoms with Crippen LogP contribution in [0.1, 0.15) is 19.3 Å². The van der Waals surface area contributed by atoms with Crippen LogP contribution in [0.25, 0.3) is 0 Å². The van der Waals surface area contributed by atoms with E-state index in [-0.39, 0.29) is 0 Å². The van der Waals surface area contributed by atoms with Crippen LogP contribution in [0.5, 0.6) is 0 Å². The maximum absolute atomic E-state index is 5.81. The summed E-state index contributed by atoms with van der Waals surface area (Å²) in [4.78, 5) is 0. The predicted molar refractivity (Wildman–Crippen MR) is 63.2 cm³/mol. The number of unbranched alkanes of at least 4 members (excludes halogenated alkanes) is 2. The molecule has 0 aliphatic heterocycles. The fourth-order valence-electron chi connectivity index (χ4n) is 1.05. The molecule has 0 unspecified atom stereocenters. The van der Waals surface area contributed by atoms with Crippen molar-refractivity contribution in [3.05, 3.63) is 16.4 Å². The van der Waals surface area contributed by atoms with Gasteiger partial charge >= 0.3 is 0 Å². The molecule has 0 radical (unpaired) electrons. The first-order valence-corrected chi connectivity index (χ1v) is 5.35. The SMILES string of the molecule is C#CCCCCNc1cc(Cl)nnc1Cl. The molecule has 0 spiro atoms. The van der Waals surface area contributed by atoms with Crippen molar-refractivity contribution < 1.29 is 0 Å². The fourth-order valence-corrected chi connectivity index (χ4v) is 1.36. The number of nitrogens with zero attached hydrogens (tertiary/aromatic N) is 2. The number of nitrogens with one attached hydrogen (secondary N) is 1. The number of hydrogen-bond acceptors (Lipinski definition) is 3. The highest BCUT2D eigenvalue weighted by atomic mass is 35.5. The van der Waals surface area contributed by atoms with Gasteiger partial charge in [-0.1, -0.05) is 23.2 Å². The summed E-state index contributed by atoms with van der Waals surface area (Å²) in [6.45, 7) is 0.795. The van der Waals surface area contributed by atoms with Crippen LogP contribution in [0, 0.1) is 12.3 Å². The second kappa shape index (κ2) is 6.49. The number of aromatic nitrogens is 2. The molecule has 0 fully saturated rings. The number of terminal acetylenes is 1. The summed E-state index contributed by atoms with van der Waals surface area (Å²) in [7, 11) is 0. The van der Waals surface area contributed by atoms with Crippen molar-refractivity contribution in [3.63, 3.8) is 0 Å². The summed E-state index contributed by atoms with van der Waals surface area (Å²) in [5.41, 5.74) is 0.706. The molecule has 3 nitrogen and oxygen atoms in total. The Kier molecular flexibility index (Phi) is 5.23. The van der Waals surface area contributed by atoms with Gasteiger partial charge in [0, 0.05) is 19.0 Å². The molecule has 0 aromatic carbocycles. The van der Waals surface area contributed by atoms with E-state index in [2.05, 4.69) is 21.4 Å².